The van der Waals surface area contributed by atoms with Gasteiger partial charge in [-0.15, -0.1) is 11.3 Å². The second-order valence-electron chi connectivity index (χ2n) is 3.96. The molecule has 2 rings (SSSR count). The van der Waals surface area contributed by atoms with Crippen molar-refractivity contribution in [3.8, 4) is 0 Å². The van der Waals surface area contributed by atoms with Crippen molar-refractivity contribution in [3.05, 3.63) is 40.3 Å². The summed E-state index contributed by atoms with van der Waals surface area (Å²) in [4.78, 5) is 1.39. The van der Waals surface area contributed by atoms with E-state index in [1.54, 1.807) is 11.3 Å². The van der Waals surface area contributed by atoms with Crippen molar-refractivity contribution in [2.45, 2.75) is 19.4 Å². The van der Waals surface area contributed by atoms with Gasteiger partial charge < -0.3 is 5.32 Å². The van der Waals surface area contributed by atoms with Crippen LogP contribution in [0.4, 0.5) is 0 Å². The van der Waals surface area contributed by atoms with E-state index in [-0.39, 0.29) is 0 Å². The minimum atomic E-state index is 0.441. The second kappa shape index (κ2) is 5.27. The van der Waals surface area contributed by atoms with Gasteiger partial charge in [0.2, 0.25) is 0 Å². The topological polar surface area (TPSA) is 29.9 Å². The highest BCUT2D eigenvalue weighted by molar-refractivity contribution is 7.10. The molecule has 1 atom stereocenters. The summed E-state index contributed by atoms with van der Waals surface area (Å²) < 4.78 is 1.85. The van der Waals surface area contributed by atoms with E-state index in [9.17, 15) is 0 Å². The Morgan fingerprint density at radius 1 is 1.56 bits per heavy atom. The number of nitrogens with one attached hydrogen (secondary N) is 1. The molecule has 0 aliphatic carbocycles. The molecule has 2 aromatic rings. The smallest absolute Gasteiger partial charge is 0.0522 e. The lowest BCUT2D eigenvalue weighted by Gasteiger charge is -2.11. The molecule has 0 bridgehead atoms. The van der Waals surface area contributed by atoms with Crippen LogP contribution >= 0.6 is 11.3 Å². The number of aryl methyl sites for hydroxylation is 1. The van der Waals surface area contributed by atoms with Crippen molar-refractivity contribution in [3.63, 3.8) is 0 Å². The van der Waals surface area contributed by atoms with E-state index in [0.717, 1.165) is 13.0 Å². The van der Waals surface area contributed by atoms with Crippen molar-refractivity contribution in [1.29, 1.82) is 0 Å². The molecule has 86 valence electrons. The molecule has 16 heavy (non-hydrogen) atoms. The predicted molar refractivity (Wildman–Crippen MR) is 67.6 cm³/mol. The van der Waals surface area contributed by atoms with Gasteiger partial charge in [-0.2, -0.15) is 5.10 Å². The molecule has 4 heteroatoms. The van der Waals surface area contributed by atoms with Gasteiger partial charge in [-0.25, -0.2) is 0 Å². The van der Waals surface area contributed by atoms with E-state index in [1.165, 1.54) is 10.4 Å². The van der Waals surface area contributed by atoms with Crippen molar-refractivity contribution in [2.24, 2.45) is 7.05 Å². The standard InChI is InChI=1S/C12H17N3S/c1-10(12-4-3-7-16-12)13-6-5-11-8-14-15(2)9-11/h3-4,7-10,13H,5-6H2,1-2H3. The van der Waals surface area contributed by atoms with Crippen LogP contribution in [0.15, 0.2) is 29.9 Å². The van der Waals surface area contributed by atoms with Gasteiger partial charge >= 0.3 is 0 Å². The predicted octanol–water partition coefficient (Wildman–Crippen LogP) is 2.37. The fourth-order valence-corrected chi connectivity index (χ4v) is 2.43. The van der Waals surface area contributed by atoms with Crippen LogP contribution in [0.5, 0.6) is 0 Å². The molecule has 0 spiro atoms. The maximum atomic E-state index is 4.16. The quantitative estimate of drug-likeness (QED) is 0.862. The molecule has 0 aromatic carbocycles. The Morgan fingerprint density at radius 2 is 2.44 bits per heavy atom. The van der Waals surface area contributed by atoms with Crippen molar-refractivity contribution in [1.82, 2.24) is 15.1 Å². The molecular formula is C12H17N3S. The van der Waals surface area contributed by atoms with Crippen molar-refractivity contribution >= 4 is 11.3 Å². The van der Waals surface area contributed by atoms with E-state index < -0.39 is 0 Å². The lowest BCUT2D eigenvalue weighted by atomic mass is 10.2. The van der Waals surface area contributed by atoms with E-state index >= 15 is 0 Å². The van der Waals surface area contributed by atoms with Gasteiger partial charge in [0, 0.05) is 24.2 Å². The van der Waals surface area contributed by atoms with Gasteiger partial charge in [0.1, 0.15) is 0 Å². The first-order valence-corrected chi connectivity index (χ1v) is 6.38. The highest BCUT2D eigenvalue weighted by Crippen LogP contribution is 2.17. The van der Waals surface area contributed by atoms with Gasteiger partial charge in [0.05, 0.1) is 6.20 Å². The molecule has 0 saturated heterocycles. The summed E-state index contributed by atoms with van der Waals surface area (Å²) in [5.74, 6) is 0. The van der Waals surface area contributed by atoms with Gasteiger partial charge in [-0.1, -0.05) is 6.07 Å². The first-order chi connectivity index (χ1) is 7.75. The zero-order chi connectivity index (χ0) is 11.4. The van der Waals surface area contributed by atoms with Crippen LogP contribution in [-0.4, -0.2) is 16.3 Å². The molecule has 0 amide bonds. The SMILES string of the molecule is CC(NCCc1cnn(C)c1)c1cccs1. The van der Waals surface area contributed by atoms with Crippen LogP contribution in [0.3, 0.4) is 0 Å². The van der Waals surface area contributed by atoms with E-state index in [0.29, 0.717) is 6.04 Å². The number of rotatable bonds is 5. The molecule has 0 aliphatic heterocycles. The largest absolute Gasteiger partial charge is 0.309 e. The van der Waals surface area contributed by atoms with Crippen LogP contribution in [-0.2, 0) is 13.5 Å². The highest BCUT2D eigenvalue weighted by atomic mass is 32.1. The normalized spacial score (nSPS) is 12.9. The summed E-state index contributed by atoms with van der Waals surface area (Å²) in [5, 5.41) is 9.79. The highest BCUT2D eigenvalue weighted by Gasteiger charge is 2.05. The molecule has 2 aromatic heterocycles. The molecule has 1 N–H and O–H groups in total. The maximum Gasteiger partial charge on any atom is 0.0522 e. The molecule has 0 fully saturated rings. The third kappa shape index (κ3) is 2.93. The maximum absolute atomic E-state index is 4.16. The first kappa shape index (κ1) is 11.4. The molecule has 2 heterocycles. The Hall–Kier alpha value is -1.13. The van der Waals surface area contributed by atoms with Gasteiger partial charge in [-0.05, 0) is 36.9 Å². The zero-order valence-electron chi connectivity index (χ0n) is 9.68. The van der Waals surface area contributed by atoms with Crippen molar-refractivity contribution in [2.75, 3.05) is 6.54 Å². The fraction of sp³-hybridized carbons (Fsp3) is 0.417. The second-order valence-corrected chi connectivity index (χ2v) is 4.94. The Morgan fingerprint density at radius 3 is 3.06 bits per heavy atom. The van der Waals surface area contributed by atoms with Gasteiger partial charge in [0.15, 0.2) is 0 Å². The Balaban J connectivity index is 1.76. The molecule has 1 unspecified atom stereocenters. The van der Waals surface area contributed by atoms with Gasteiger partial charge in [-0.3, -0.25) is 4.68 Å². The van der Waals surface area contributed by atoms with Crippen LogP contribution in [0, 0.1) is 0 Å². The van der Waals surface area contributed by atoms with E-state index in [2.05, 4.69) is 41.0 Å². The summed E-state index contributed by atoms with van der Waals surface area (Å²) >= 11 is 1.80. The molecular weight excluding hydrogens is 218 g/mol. The monoisotopic (exact) mass is 235 g/mol. The number of aromatic nitrogens is 2. The molecule has 3 nitrogen and oxygen atoms in total. The molecule has 0 saturated carbocycles. The summed E-state index contributed by atoms with van der Waals surface area (Å²) in [5.41, 5.74) is 1.29. The summed E-state index contributed by atoms with van der Waals surface area (Å²) in [6.07, 6.45) is 5.03. The molecule has 0 aliphatic rings. The van der Waals surface area contributed by atoms with Crippen LogP contribution in [0.25, 0.3) is 0 Å². The van der Waals surface area contributed by atoms with E-state index in [4.69, 9.17) is 0 Å². The average Bonchev–Trinajstić information content (AvgIpc) is 2.89. The number of thiophene rings is 1. The van der Waals surface area contributed by atoms with Crippen LogP contribution in [0.2, 0.25) is 0 Å². The third-order valence-electron chi connectivity index (χ3n) is 2.59. The van der Waals surface area contributed by atoms with E-state index in [1.807, 2.05) is 17.9 Å². The lowest BCUT2D eigenvalue weighted by molar-refractivity contribution is 0.584. The van der Waals surface area contributed by atoms with Gasteiger partial charge in [0.25, 0.3) is 0 Å². The minimum Gasteiger partial charge on any atom is -0.309 e. The average molecular weight is 235 g/mol. The first-order valence-electron chi connectivity index (χ1n) is 5.50. The number of hydrogen-bond acceptors (Lipinski definition) is 3. The fourth-order valence-electron chi connectivity index (χ4n) is 1.67. The van der Waals surface area contributed by atoms with Crippen molar-refractivity contribution < 1.29 is 0 Å². The number of hydrogen-bond donors (Lipinski definition) is 1. The Labute approximate surface area is 100 Å². The molecule has 0 radical (unpaired) electrons. The number of nitrogens with zero attached hydrogens (tertiary/aromatic N) is 2. The van der Waals surface area contributed by atoms with Crippen LogP contribution < -0.4 is 5.32 Å². The zero-order valence-corrected chi connectivity index (χ0v) is 10.5. The van der Waals surface area contributed by atoms with Crippen LogP contribution in [0.1, 0.15) is 23.4 Å². The summed E-state index contributed by atoms with van der Waals surface area (Å²) in [6.45, 7) is 3.19. The Bertz CT molecular complexity index is 419. The third-order valence-corrected chi connectivity index (χ3v) is 3.65. The summed E-state index contributed by atoms with van der Waals surface area (Å²) in [6, 6.07) is 4.71. The Kier molecular flexibility index (Phi) is 3.74. The minimum absolute atomic E-state index is 0.441. The lowest BCUT2D eigenvalue weighted by Crippen LogP contribution is -2.20. The summed E-state index contributed by atoms with van der Waals surface area (Å²) in [7, 11) is 1.95.